The van der Waals surface area contributed by atoms with E-state index in [0.29, 0.717) is 6.92 Å². The Labute approximate surface area is 99.2 Å². The van der Waals surface area contributed by atoms with Gasteiger partial charge in [0, 0.05) is 6.20 Å². The van der Waals surface area contributed by atoms with Crippen LogP contribution in [0.5, 0.6) is 0 Å². The molecule has 3 N–H and O–H groups in total. The summed E-state index contributed by atoms with van der Waals surface area (Å²) in [5, 5.41) is 1.83. The first-order chi connectivity index (χ1) is 7.64. The van der Waals surface area contributed by atoms with E-state index in [-0.39, 0.29) is 11.1 Å². The first kappa shape index (κ1) is 13.7. The van der Waals surface area contributed by atoms with Crippen LogP contribution in [0.4, 0.5) is 19.1 Å². The Balaban J connectivity index is 2.87. The summed E-state index contributed by atoms with van der Waals surface area (Å²) in [6.07, 6.45) is -3.69. The zero-order chi connectivity index (χ0) is 13.3. The number of rotatable bonds is 2. The van der Waals surface area contributed by atoms with Gasteiger partial charge in [0.1, 0.15) is 5.15 Å². The second-order valence-electron chi connectivity index (χ2n) is 3.36. The van der Waals surface area contributed by atoms with Gasteiger partial charge in [-0.1, -0.05) is 11.6 Å². The first-order valence-electron chi connectivity index (χ1n) is 4.30. The number of hydrogen-bond acceptors (Lipinski definition) is 4. The van der Waals surface area contributed by atoms with Gasteiger partial charge in [-0.15, -0.1) is 0 Å². The van der Waals surface area contributed by atoms with Crippen LogP contribution in [-0.2, 0) is 4.79 Å². The monoisotopic (exact) mass is 268 g/mol. The maximum atomic E-state index is 12.4. The van der Waals surface area contributed by atoms with Gasteiger partial charge < -0.3 is 5.73 Å². The minimum Gasteiger partial charge on any atom is -0.310 e. The van der Waals surface area contributed by atoms with E-state index in [1.165, 1.54) is 12.3 Å². The van der Waals surface area contributed by atoms with Crippen LogP contribution in [0.2, 0.25) is 5.15 Å². The third-order valence-electron chi connectivity index (χ3n) is 1.91. The fourth-order valence-corrected chi connectivity index (χ4v) is 0.893. The lowest BCUT2D eigenvalue weighted by Crippen LogP contribution is -2.59. The molecule has 1 aromatic heterocycles. The molecule has 0 saturated heterocycles. The molecule has 17 heavy (non-hydrogen) atoms. The van der Waals surface area contributed by atoms with Gasteiger partial charge in [-0.3, -0.25) is 10.1 Å². The maximum absolute atomic E-state index is 12.4. The standard InChI is InChI=1S/C8H8ClF3N4O/c1-7(13,8(10,11)12)5(17)16-6-14-3-2-4(9)15-6/h2-3H,13H2,1H3,(H,14,15,16,17). The Bertz CT molecular complexity index is 435. The molecule has 5 nitrogen and oxygen atoms in total. The zero-order valence-corrected chi connectivity index (χ0v) is 9.30. The summed E-state index contributed by atoms with van der Waals surface area (Å²) in [4.78, 5) is 18.3. The maximum Gasteiger partial charge on any atom is 0.415 e. The van der Waals surface area contributed by atoms with Crippen LogP contribution in [0.3, 0.4) is 0 Å². The lowest BCUT2D eigenvalue weighted by Gasteiger charge is -2.25. The Morgan fingerprint density at radius 3 is 2.59 bits per heavy atom. The van der Waals surface area contributed by atoms with Crippen molar-refractivity contribution in [3.63, 3.8) is 0 Å². The molecule has 1 atom stereocenters. The van der Waals surface area contributed by atoms with Gasteiger partial charge in [0.15, 0.2) is 5.54 Å². The average molecular weight is 269 g/mol. The van der Waals surface area contributed by atoms with Gasteiger partial charge in [-0.2, -0.15) is 13.2 Å². The van der Waals surface area contributed by atoms with E-state index < -0.39 is 17.6 Å². The number of carbonyl (C=O) groups excluding carboxylic acids is 1. The Kier molecular flexibility index (Phi) is 3.58. The summed E-state index contributed by atoms with van der Waals surface area (Å²) in [5.41, 5.74) is 1.87. The van der Waals surface area contributed by atoms with E-state index >= 15 is 0 Å². The Hall–Kier alpha value is -1.41. The van der Waals surface area contributed by atoms with Crippen LogP contribution in [0, 0.1) is 0 Å². The van der Waals surface area contributed by atoms with Crippen LogP contribution in [0.25, 0.3) is 0 Å². The van der Waals surface area contributed by atoms with Crippen molar-refractivity contribution in [1.82, 2.24) is 9.97 Å². The van der Waals surface area contributed by atoms with Crippen molar-refractivity contribution in [3.05, 3.63) is 17.4 Å². The predicted molar refractivity (Wildman–Crippen MR) is 54.3 cm³/mol. The number of hydrogen-bond donors (Lipinski definition) is 2. The van der Waals surface area contributed by atoms with Crippen LogP contribution in [-0.4, -0.2) is 27.6 Å². The summed E-state index contributed by atoms with van der Waals surface area (Å²) in [7, 11) is 0. The molecule has 0 radical (unpaired) electrons. The second kappa shape index (κ2) is 4.46. The highest BCUT2D eigenvalue weighted by Crippen LogP contribution is 2.28. The molecule has 1 aromatic rings. The SMILES string of the molecule is CC(N)(C(=O)Nc1nccc(Cl)n1)C(F)(F)F. The van der Waals surface area contributed by atoms with Crippen molar-refractivity contribution < 1.29 is 18.0 Å². The number of aromatic nitrogens is 2. The summed E-state index contributed by atoms with van der Waals surface area (Å²) in [5.74, 6) is -1.81. The molecule has 0 spiro atoms. The van der Waals surface area contributed by atoms with Crippen molar-refractivity contribution in [2.45, 2.75) is 18.6 Å². The molecule has 1 unspecified atom stereocenters. The highest BCUT2D eigenvalue weighted by atomic mass is 35.5. The van der Waals surface area contributed by atoms with Crippen LogP contribution in [0.1, 0.15) is 6.92 Å². The molecule has 1 heterocycles. The fraction of sp³-hybridized carbons (Fsp3) is 0.375. The van der Waals surface area contributed by atoms with E-state index in [0.717, 1.165) is 0 Å². The summed E-state index contributed by atoms with van der Waals surface area (Å²) >= 11 is 5.48. The van der Waals surface area contributed by atoms with Crippen molar-refractivity contribution in [2.24, 2.45) is 5.73 Å². The summed E-state index contributed by atoms with van der Waals surface area (Å²) < 4.78 is 37.2. The topological polar surface area (TPSA) is 80.9 Å². The molecule has 0 aliphatic heterocycles. The quantitative estimate of drug-likeness (QED) is 0.794. The van der Waals surface area contributed by atoms with Crippen molar-refractivity contribution in [1.29, 1.82) is 0 Å². The molecule has 0 aromatic carbocycles. The Morgan fingerprint density at radius 2 is 2.12 bits per heavy atom. The van der Waals surface area contributed by atoms with Crippen LogP contribution in [0.15, 0.2) is 12.3 Å². The lowest BCUT2D eigenvalue weighted by atomic mass is 10.0. The number of nitrogens with two attached hydrogens (primary N) is 1. The van der Waals surface area contributed by atoms with Crippen molar-refractivity contribution in [3.8, 4) is 0 Å². The highest BCUT2D eigenvalue weighted by molar-refractivity contribution is 6.29. The summed E-state index contributed by atoms with van der Waals surface area (Å²) in [6, 6.07) is 1.31. The van der Waals surface area contributed by atoms with Gasteiger partial charge in [0.2, 0.25) is 5.95 Å². The van der Waals surface area contributed by atoms with Gasteiger partial charge in [-0.05, 0) is 13.0 Å². The molecule has 0 fully saturated rings. The van der Waals surface area contributed by atoms with E-state index in [2.05, 4.69) is 9.97 Å². The van der Waals surface area contributed by atoms with Gasteiger partial charge >= 0.3 is 6.18 Å². The Morgan fingerprint density at radius 1 is 1.53 bits per heavy atom. The average Bonchev–Trinajstić information content (AvgIpc) is 2.15. The van der Waals surface area contributed by atoms with Crippen LogP contribution >= 0.6 is 11.6 Å². The minimum absolute atomic E-state index is 0.0129. The number of anilines is 1. The lowest BCUT2D eigenvalue weighted by molar-refractivity contribution is -0.184. The molecule has 94 valence electrons. The number of alkyl halides is 3. The number of carbonyl (C=O) groups is 1. The molecule has 1 rings (SSSR count). The van der Waals surface area contributed by atoms with E-state index in [1.807, 2.05) is 5.32 Å². The molecular weight excluding hydrogens is 261 g/mol. The number of nitrogens with zero attached hydrogens (tertiary/aromatic N) is 2. The smallest absolute Gasteiger partial charge is 0.310 e. The molecule has 0 saturated carbocycles. The van der Waals surface area contributed by atoms with E-state index in [9.17, 15) is 18.0 Å². The van der Waals surface area contributed by atoms with Gasteiger partial charge in [-0.25, -0.2) is 9.97 Å². The summed E-state index contributed by atoms with van der Waals surface area (Å²) in [6.45, 7) is 0.548. The highest BCUT2D eigenvalue weighted by Gasteiger charge is 2.54. The number of amides is 1. The largest absolute Gasteiger partial charge is 0.415 e. The molecule has 9 heteroatoms. The second-order valence-corrected chi connectivity index (χ2v) is 3.74. The third kappa shape index (κ3) is 3.04. The third-order valence-corrected chi connectivity index (χ3v) is 2.12. The normalized spacial score (nSPS) is 15.2. The number of halogens is 4. The molecule has 1 amide bonds. The van der Waals surface area contributed by atoms with Crippen LogP contribution < -0.4 is 11.1 Å². The van der Waals surface area contributed by atoms with E-state index in [1.54, 1.807) is 0 Å². The first-order valence-corrected chi connectivity index (χ1v) is 4.68. The minimum atomic E-state index is -4.88. The van der Waals surface area contributed by atoms with Crippen molar-refractivity contribution in [2.75, 3.05) is 5.32 Å². The van der Waals surface area contributed by atoms with Gasteiger partial charge in [0.25, 0.3) is 5.91 Å². The molecular formula is C8H8ClF3N4O. The number of nitrogens with one attached hydrogen (secondary N) is 1. The molecule has 0 bridgehead atoms. The predicted octanol–water partition coefficient (Wildman–Crippen LogP) is 1.35. The molecule has 0 aliphatic carbocycles. The molecule has 0 aliphatic rings. The fourth-order valence-electron chi connectivity index (χ4n) is 0.757. The van der Waals surface area contributed by atoms with Gasteiger partial charge in [0.05, 0.1) is 0 Å². The van der Waals surface area contributed by atoms with E-state index in [4.69, 9.17) is 17.3 Å². The van der Waals surface area contributed by atoms with Crippen molar-refractivity contribution >= 4 is 23.5 Å². The zero-order valence-electron chi connectivity index (χ0n) is 8.55.